The second-order valence-corrected chi connectivity index (χ2v) is 7.92. The molecule has 0 bridgehead atoms. The van der Waals surface area contributed by atoms with Crippen LogP contribution in [0.1, 0.15) is 27.9 Å². The van der Waals surface area contributed by atoms with Crippen LogP contribution in [0.15, 0.2) is 72.8 Å². The maximum atomic E-state index is 13.1. The van der Waals surface area contributed by atoms with Gasteiger partial charge in [-0.1, -0.05) is 29.8 Å². The van der Waals surface area contributed by atoms with Crippen molar-refractivity contribution in [1.29, 1.82) is 0 Å². The van der Waals surface area contributed by atoms with E-state index in [0.717, 1.165) is 30.0 Å². The molecule has 3 aromatic carbocycles. The average molecular weight is 430 g/mol. The van der Waals surface area contributed by atoms with E-state index in [2.05, 4.69) is 36.5 Å². The summed E-state index contributed by atoms with van der Waals surface area (Å²) in [6, 6.07) is 22.6. The maximum Gasteiger partial charge on any atom is 0.324 e. The molecule has 1 fully saturated rings. The van der Waals surface area contributed by atoms with Gasteiger partial charge in [0.1, 0.15) is 5.75 Å². The van der Waals surface area contributed by atoms with E-state index >= 15 is 0 Å². The minimum atomic E-state index is -0.201. The van der Waals surface area contributed by atoms with E-state index in [1.807, 2.05) is 17.0 Å². The van der Waals surface area contributed by atoms with Gasteiger partial charge in [-0.3, -0.25) is 9.69 Å². The van der Waals surface area contributed by atoms with Crippen LogP contribution in [0, 0.1) is 6.92 Å². The molecular formula is C26H27N3O3. The Labute approximate surface area is 188 Å². The molecule has 3 amide bonds. The highest BCUT2D eigenvalue weighted by Crippen LogP contribution is 2.23. The summed E-state index contributed by atoms with van der Waals surface area (Å²) in [6.45, 7) is 4.06. The largest absolute Gasteiger partial charge is 0.497 e. The van der Waals surface area contributed by atoms with Gasteiger partial charge >= 0.3 is 6.03 Å². The zero-order valence-corrected chi connectivity index (χ0v) is 18.4. The smallest absolute Gasteiger partial charge is 0.324 e. The van der Waals surface area contributed by atoms with Gasteiger partial charge in [-0.2, -0.15) is 0 Å². The molecule has 0 spiro atoms. The number of carbonyl (C=O) groups excluding carboxylic acids is 2. The normalized spacial score (nSPS) is 13.8. The predicted molar refractivity (Wildman–Crippen MR) is 126 cm³/mol. The first-order chi connectivity index (χ1) is 15.5. The molecule has 1 N–H and O–H groups in total. The number of hydrogen-bond donors (Lipinski definition) is 1. The van der Waals surface area contributed by atoms with Gasteiger partial charge in [-0.15, -0.1) is 0 Å². The highest BCUT2D eigenvalue weighted by Gasteiger charge is 2.26. The molecule has 1 aliphatic rings. The van der Waals surface area contributed by atoms with Crippen molar-refractivity contribution in [1.82, 2.24) is 4.90 Å². The van der Waals surface area contributed by atoms with Gasteiger partial charge in [0, 0.05) is 36.6 Å². The minimum absolute atomic E-state index is 0.00717. The highest BCUT2D eigenvalue weighted by molar-refractivity contribution is 6.04. The summed E-state index contributed by atoms with van der Waals surface area (Å²) in [5, 5.41) is 2.87. The molecule has 0 aromatic heterocycles. The molecule has 1 saturated heterocycles. The molecule has 0 radical (unpaired) electrons. The Kier molecular flexibility index (Phi) is 6.40. The molecule has 0 atom stereocenters. The van der Waals surface area contributed by atoms with Crippen LogP contribution < -0.4 is 15.0 Å². The fraction of sp³-hybridized carbons (Fsp3) is 0.231. The van der Waals surface area contributed by atoms with Crippen LogP contribution >= 0.6 is 0 Å². The predicted octanol–water partition coefficient (Wildman–Crippen LogP) is 5.09. The molecular weight excluding hydrogens is 402 g/mol. The van der Waals surface area contributed by atoms with Crippen LogP contribution in [0.5, 0.6) is 5.75 Å². The number of methoxy groups -OCH3 is 1. The lowest BCUT2D eigenvalue weighted by atomic mass is 10.1. The number of anilines is 2. The number of rotatable bonds is 6. The second-order valence-electron chi connectivity index (χ2n) is 7.92. The van der Waals surface area contributed by atoms with Gasteiger partial charge in [-0.05, 0) is 67.4 Å². The number of amides is 3. The van der Waals surface area contributed by atoms with Crippen molar-refractivity contribution in [2.45, 2.75) is 19.9 Å². The Morgan fingerprint density at radius 2 is 1.62 bits per heavy atom. The molecule has 1 aliphatic heterocycles. The fourth-order valence-electron chi connectivity index (χ4n) is 3.75. The molecule has 0 saturated carbocycles. The number of nitrogens with zero attached hydrogens (tertiary/aromatic N) is 2. The number of hydrogen-bond acceptors (Lipinski definition) is 3. The summed E-state index contributed by atoms with van der Waals surface area (Å²) in [4.78, 5) is 29.3. The van der Waals surface area contributed by atoms with Gasteiger partial charge in [0.15, 0.2) is 0 Å². The summed E-state index contributed by atoms with van der Waals surface area (Å²) in [5.74, 6) is 0.530. The fourth-order valence-corrected chi connectivity index (χ4v) is 3.75. The molecule has 32 heavy (non-hydrogen) atoms. The highest BCUT2D eigenvalue weighted by atomic mass is 16.5. The number of aryl methyl sites for hydroxylation is 1. The van der Waals surface area contributed by atoms with E-state index < -0.39 is 0 Å². The Balaban J connectivity index is 1.41. The Morgan fingerprint density at radius 1 is 0.938 bits per heavy atom. The SMILES string of the molecule is COc1ccc(NC(=O)c2ccc(N3CCCN(Cc4ccc(C)cc4)C3=O)cc2)cc1. The average Bonchev–Trinajstić information content (AvgIpc) is 2.82. The van der Waals surface area contributed by atoms with E-state index in [0.29, 0.717) is 24.3 Å². The summed E-state index contributed by atoms with van der Waals surface area (Å²) in [6.07, 6.45) is 0.900. The summed E-state index contributed by atoms with van der Waals surface area (Å²) >= 11 is 0. The second kappa shape index (κ2) is 9.56. The topological polar surface area (TPSA) is 61.9 Å². The van der Waals surface area contributed by atoms with Crippen LogP contribution in [-0.2, 0) is 6.54 Å². The zero-order chi connectivity index (χ0) is 22.5. The first-order valence-corrected chi connectivity index (χ1v) is 10.7. The van der Waals surface area contributed by atoms with Crippen molar-refractivity contribution < 1.29 is 14.3 Å². The van der Waals surface area contributed by atoms with Crippen molar-refractivity contribution >= 4 is 23.3 Å². The van der Waals surface area contributed by atoms with Gasteiger partial charge in [0.2, 0.25) is 0 Å². The maximum absolute atomic E-state index is 13.1. The summed E-state index contributed by atoms with van der Waals surface area (Å²) in [5.41, 5.74) is 4.35. The lowest BCUT2D eigenvalue weighted by Crippen LogP contribution is -2.49. The van der Waals surface area contributed by atoms with Crippen LogP contribution in [0.4, 0.5) is 16.2 Å². The van der Waals surface area contributed by atoms with Crippen LogP contribution in [0.3, 0.4) is 0 Å². The van der Waals surface area contributed by atoms with Crippen molar-refractivity contribution in [3.63, 3.8) is 0 Å². The molecule has 4 rings (SSSR count). The number of urea groups is 1. The van der Waals surface area contributed by atoms with Gasteiger partial charge in [0.05, 0.1) is 7.11 Å². The van der Waals surface area contributed by atoms with Gasteiger partial charge in [0.25, 0.3) is 5.91 Å². The number of nitrogens with one attached hydrogen (secondary N) is 1. The quantitative estimate of drug-likeness (QED) is 0.594. The molecule has 0 unspecified atom stereocenters. The third-order valence-corrected chi connectivity index (χ3v) is 5.59. The first kappa shape index (κ1) is 21.4. The molecule has 1 heterocycles. The van der Waals surface area contributed by atoms with Crippen molar-refractivity contribution in [2.24, 2.45) is 0 Å². The van der Waals surface area contributed by atoms with Crippen molar-refractivity contribution in [2.75, 3.05) is 30.4 Å². The van der Waals surface area contributed by atoms with Crippen molar-refractivity contribution in [3.8, 4) is 5.75 Å². The summed E-state index contributed by atoms with van der Waals surface area (Å²) < 4.78 is 5.14. The van der Waals surface area contributed by atoms with E-state index in [1.54, 1.807) is 48.4 Å². The van der Waals surface area contributed by atoms with E-state index in [4.69, 9.17) is 4.74 Å². The third-order valence-electron chi connectivity index (χ3n) is 5.59. The molecule has 3 aromatic rings. The van der Waals surface area contributed by atoms with Crippen LogP contribution in [-0.4, -0.2) is 37.0 Å². The number of carbonyl (C=O) groups is 2. The van der Waals surface area contributed by atoms with E-state index in [9.17, 15) is 9.59 Å². The lowest BCUT2D eigenvalue weighted by molar-refractivity contribution is 0.102. The van der Waals surface area contributed by atoms with E-state index in [-0.39, 0.29) is 11.9 Å². The zero-order valence-electron chi connectivity index (χ0n) is 18.4. The molecule has 164 valence electrons. The van der Waals surface area contributed by atoms with Crippen LogP contribution in [0.2, 0.25) is 0 Å². The first-order valence-electron chi connectivity index (χ1n) is 10.7. The van der Waals surface area contributed by atoms with Gasteiger partial charge < -0.3 is 15.0 Å². The molecule has 6 heteroatoms. The minimum Gasteiger partial charge on any atom is -0.497 e. The number of ether oxygens (including phenoxy) is 1. The Morgan fingerprint density at radius 3 is 2.28 bits per heavy atom. The number of benzene rings is 3. The third kappa shape index (κ3) is 4.91. The van der Waals surface area contributed by atoms with Crippen molar-refractivity contribution in [3.05, 3.63) is 89.5 Å². The Bertz CT molecular complexity index is 1080. The molecule has 6 nitrogen and oxygen atoms in total. The van der Waals surface area contributed by atoms with Crippen LogP contribution in [0.25, 0.3) is 0 Å². The lowest BCUT2D eigenvalue weighted by Gasteiger charge is -2.35. The molecule has 0 aliphatic carbocycles. The standard InChI is InChI=1S/C26H27N3O3/c1-19-4-6-20(7-5-19)18-28-16-3-17-29(26(28)31)23-12-8-21(9-13-23)25(30)27-22-10-14-24(32-2)15-11-22/h4-15H,3,16-18H2,1-2H3,(H,27,30). The summed E-state index contributed by atoms with van der Waals surface area (Å²) in [7, 11) is 1.60. The monoisotopic (exact) mass is 429 g/mol. The van der Waals surface area contributed by atoms with Gasteiger partial charge in [-0.25, -0.2) is 4.79 Å². The van der Waals surface area contributed by atoms with E-state index in [1.165, 1.54) is 5.56 Å². The Hall–Kier alpha value is -3.80.